The van der Waals surface area contributed by atoms with Crippen molar-refractivity contribution in [3.8, 4) is 0 Å². The third kappa shape index (κ3) is 3.80. The molecule has 7 heteroatoms. The van der Waals surface area contributed by atoms with Crippen LogP contribution in [0.25, 0.3) is 0 Å². The van der Waals surface area contributed by atoms with Crippen LogP contribution in [0.5, 0.6) is 0 Å². The lowest BCUT2D eigenvalue weighted by Crippen LogP contribution is -2.01. The number of thioether (sulfide) groups is 1. The molecule has 20 heavy (non-hydrogen) atoms. The summed E-state index contributed by atoms with van der Waals surface area (Å²) in [5, 5.41) is 0. The van der Waals surface area contributed by atoms with Crippen molar-refractivity contribution in [3.63, 3.8) is 0 Å². The van der Waals surface area contributed by atoms with Gasteiger partial charge in [-0.05, 0) is 29.2 Å². The van der Waals surface area contributed by atoms with E-state index in [9.17, 15) is 4.79 Å². The van der Waals surface area contributed by atoms with Gasteiger partial charge in [0.05, 0.1) is 12.7 Å². The summed E-state index contributed by atoms with van der Waals surface area (Å²) in [7, 11) is 1.38. The van der Waals surface area contributed by atoms with E-state index in [4.69, 9.17) is 4.74 Å². The summed E-state index contributed by atoms with van der Waals surface area (Å²) in [6.45, 7) is 2.04. The molecule has 0 aliphatic carbocycles. The summed E-state index contributed by atoms with van der Waals surface area (Å²) in [5.41, 5.74) is 1.65. The smallest absolute Gasteiger partial charge is 0.337 e. The van der Waals surface area contributed by atoms with Gasteiger partial charge in [-0.25, -0.2) is 9.78 Å². The van der Waals surface area contributed by atoms with Gasteiger partial charge in [0.15, 0.2) is 4.34 Å². The van der Waals surface area contributed by atoms with E-state index >= 15 is 0 Å². The number of rotatable bonds is 5. The number of aryl methyl sites for hydroxylation is 1. The molecule has 0 radical (unpaired) electrons. The van der Waals surface area contributed by atoms with Crippen LogP contribution in [0.15, 0.2) is 27.0 Å². The fraction of sp³-hybridized carbons (Fsp3) is 0.308. The lowest BCUT2D eigenvalue weighted by atomic mass is 10.1. The number of hydrogen-bond acceptors (Lipinski definition) is 6. The van der Waals surface area contributed by atoms with E-state index in [0.717, 1.165) is 32.4 Å². The standard InChI is InChI=1S/C13H13BrN2O2S2/c1-3-11-15-13(20-16-11)19-7-9-5-4-8(6-10(9)14)12(17)18-2/h4-6H,3,7H2,1-2H3. The molecule has 0 aliphatic heterocycles. The average Bonchev–Trinajstić information content (AvgIpc) is 2.93. The SMILES string of the molecule is CCc1nsc(SCc2ccc(C(=O)OC)cc2Br)n1. The van der Waals surface area contributed by atoms with Crippen LogP contribution in [-0.4, -0.2) is 22.4 Å². The molecule has 0 N–H and O–H groups in total. The van der Waals surface area contributed by atoms with E-state index in [1.54, 1.807) is 23.9 Å². The Kier molecular flexibility index (Phi) is 5.56. The van der Waals surface area contributed by atoms with Crippen molar-refractivity contribution in [3.05, 3.63) is 39.6 Å². The molecule has 0 aliphatic rings. The second-order valence-corrected chi connectivity index (χ2v) is 6.75. The zero-order valence-electron chi connectivity index (χ0n) is 11.1. The third-order valence-corrected chi connectivity index (χ3v) is 5.25. The molecule has 0 atom stereocenters. The Hall–Kier alpha value is -0.920. The quantitative estimate of drug-likeness (QED) is 0.587. The zero-order chi connectivity index (χ0) is 14.5. The summed E-state index contributed by atoms with van der Waals surface area (Å²) >= 11 is 6.55. The number of esters is 1. The second-order valence-electron chi connectivity index (χ2n) is 3.92. The molecular formula is C13H13BrN2O2S2. The molecule has 2 rings (SSSR count). The monoisotopic (exact) mass is 372 g/mol. The van der Waals surface area contributed by atoms with Crippen LogP contribution in [0.4, 0.5) is 0 Å². The van der Waals surface area contributed by atoms with Crippen LogP contribution in [0, 0.1) is 0 Å². The van der Waals surface area contributed by atoms with Crippen LogP contribution < -0.4 is 0 Å². The Labute approximate surface area is 134 Å². The molecule has 0 bridgehead atoms. The number of halogens is 1. The fourth-order valence-corrected chi connectivity index (χ4v) is 3.89. The van der Waals surface area contributed by atoms with Gasteiger partial charge in [0.2, 0.25) is 0 Å². The van der Waals surface area contributed by atoms with E-state index in [2.05, 4.69) is 25.3 Å². The van der Waals surface area contributed by atoms with Crippen molar-refractivity contribution < 1.29 is 9.53 Å². The fourth-order valence-electron chi connectivity index (χ4n) is 1.49. The molecule has 2 aromatic rings. The van der Waals surface area contributed by atoms with Crippen molar-refractivity contribution in [2.75, 3.05) is 7.11 Å². The van der Waals surface area contributed by atoms with Crippen LogP contribution in [0.1, 0.15) is 28.7 Å². The van der Waals surface area contributed by atoms with Gasteiger partial charge in [0.1, 0.15) is 5.82 Å². The van der Waals surface area contributed by atoms with Crippen LogP contribution >= 0.6 is 39.2 Å². The molecule has 0 spiro atoms. The Morgan fingerprint density at radius 3 is 2.90 bits per heavy atom. The van der Waals surface area contributed by atoms with Crippen LogP contribution in [-0.2, 0) is 16.9 Å². The number of ether oxygens (including phenoxy) is 1. The van der Waals surface area contributed by atoms with Crippen molar-refractivity contribution in [2.45, 2.75) is 23.4 Å². The molecule has 1 aromatic heterocycles. The summed E-state index contributed by atoms with van der Waals surface area (Å²) in [6, 6.07) is 5.47. The summed E-state index contributed by atoms with van der Waals surface area (Å²) in [5.74, 6) is 1.33. The predicted octanol–water partition coefficient (Wildman–Crippen LogP) is 3.94. The van der Waals surface area contributed by atoms with E-state index in [1.807, 2.05) is 13.0 Å². The molecule has 0 unspecified atom stereocenters. The molecule has 106 valence electrons. The largest absolute Gasteiger partial charge is 0.465 e. The molecule has 0 saturated heterocycles. The first-order valence-corrected chi connectivity index (χ1v) is 8.51. The second kappa shape index (κ2) is 7.19. The average molecular weight is 373 g/mol. The number of hydrogen-bond donors (Lipinski definition) is 0. The Morgan fingerprint density at radius 2 is 2.30 bits per heavy atom. The van der Waals surface area contributed by atoms with Gasteiger partial charge in [0.25, 0.3) is 0 Å². The van der Waals surface area contributed by atoms with Crippen LogP contribution in [0.2, 0.25) is 0 Å². The van der Waals surface area contributed by atoms with Gasteiger partial charge in [-0.1, -0.05) is 40.7 Å². The Morgan fingerprint density at radius 1 is 1.50 bits per heavy atom. The Bertz CT molecular complexity index is 616. The maximum Gasteiger partial charge on any atom is 0.337 e. The van der Waals surface area contributed by atoms with Gasteiger partial charge in [-0.3, -0.25) is 0 Å². The molecule has 1 heterocycles. The first-order valence-electron chi connectivity index (χ1n) is 5.96. The third-order valence-electron chi connectivity index (χ3n) is 2.59. The van der Waals surface area contributed by atoms with Gasteiger partial charge >= 0.3 is 5.97 Å². The minimum Gasteiger partial charge on any atom is -0.465 e. The first-order chi connectivity index (χ1) is 9.63. The van der Waals surface area contributed by atoms with Crippen molar-refractivity contribution in [1.82, 2.24) is 9.36 Å². The lowest BCUT2D eigenvalue weighted by Gasteiger charge is -2.05. The molecule has 0 amide bonds. The number of methoxy groups -OCH3 is 1. The molecule has 0 saturated carbocycles. The van der Waals surface area contributed by atoms with Crippen molar-refractivity contribution in [2.24, 2.45) is 0 Å². The number of carbonyl (C=O) groups excluding carboxylic acids is 1. The maximum atomic E-state index is 11.4. The van der Waals surface area contributed by atoms with Gasteiger partial charge in [-0.15, -0.1) is 0 Å². The molecule has 0 fully saturated rings. The van der Waals surface area contributed by atoms with E-state index in [0.29, 0.717) is 5.56 Å². The zero-order valence-corrected chi connectivity index (χ0v) is 14.3. The van der Waals surface area contributed by atoms with E-state index < -0.39 is 0 Å². The van der Waals surface area contributed by atoms with Gasteiger partial charge < -0.3 is 4.74 Å². The van der Waals surface area contributed by atoms with E-state index in [-0.39, 0.29) is 5.97 Å². The lowest BCUT2D eigenvalue weighted by molar-refractivity contribution is 0.0600. The summed E-state index contributed by atoms with van der Waals surface area (Å²) in [6.07, 6.45) is 0.856. The maximum absolute atomic E-state index is 11.4. The van der Waals surface area contributed by atoms with E-state index in [1.165, 1.54) is 18.6 Å². The highest BCUT2D eigenvalue weighted by Gasteiger charge is 2.10. The predicted molar refractivity (Wildman–Crippen MR) is 84.3 cm³/mol. The summed E-state index contributed by atoms with van der Waals surface area (Å²) in [4.78, 5) is 15.8. The highest BCUT2D eigenvalue weighted by Crippen LogP contribution is 2.28. The first kappa shape index (κ1) is 15.5. The topological polar surface area (TPSA) is 52.1 Å². The summed E-state index contributed by atoms with van der Waals surface area (Å²) < 4.78 is 10.8. The normalized spacial score (nSPS) is 10.6. The minimum absolute atomic E-state index is 0.332. The van der Waals surface area contributed by atoms with Crippen LogP contribution in [0.3, 0.4) is 0 Å². The Balaban J connectivity index is 2.04. The molecular weight excluding hydrogens is 360 g/mol. The number of nitrogens with zero attached hydrogens (tertiary/aromatic N) is 2. The highest BCUT2D eigenvalue weighted by molar-refractivity contribution is 9.10. The molecule has 1 aromatic carbocycles. The number of aromatic nitrogens is 2. The van der Waals surface area contributed by atoms with Gasteiger partial charge in [0, 0.05) is 16.6 Å². The number of carbonyl (C=O) groups is 1. The molecule has 4 nitrogen and oxygen atoms in total. The highest BCUT2D eigenvalue weighted by atomic mass is 79.9. The number of benzene rings is 1. The van der Waals surface area contributed by atoms with Crippen molar-refractivity contribution >= 4 is 45.2 Å². The minimum atomic E-state index is -0.332. The van der Waals surface area contributed by atoms with Crippen molar-refractivity contribution in [1.29, 1.82) is 0 Å². The van der Waals surface area contributed by atoms with Gasteiger partial charge in [-0.2, -0.15) is 4.37 Å².